The second-order valence-electron chi connectivity index (χ2n) is 5.47. The van der Waals surface area contributed by atoms with Gasteiger partial charge in [0.1, 0.15) is 0 Å². The van der Waals surface area contributed by atoms with Gasteiger partial charge in [0.05, 0.1) is 11.2 Å². The lowest BCUT2D eigenvalue weighted by Gasteiger charge is -2.24. The minimum absolute atomic E-state index is 0.626. The number of nitrogens with zero attached hydrogens (tertiary/aromatic N) is 3. The van der Waals surface area contributed by atoms with Crippen molar-refractivity contribution in [3.63, 3.8) is 0 Å². The highest BCUT2D eigenvalue weighted by molar-refractivity contribution is 7.15. The predicted octanol–water partition coefficient (Wildman–Crippen LogP) is 3.17. The van der Waals surface area contributed by atoms with E-state index >= 15 is 0 Å². The summed E-state index contributed by atoms with van der Waals surface area (Å²) in [5, 5.41) is 3.45. The lowest BCUT2D eigenvalue weighted by molar-refractivity contribution is 0.224. The summed E-state index contributed by atoms with van der Waals surface area (Å²) in [5.74, 6) is 0.738. The molecule has 7 heteroatoms. The van der Waals surface area contributed by atoms with Crippen LogP contribution in [0.2, 0.25) is 4.47 Å². The summed E-state index contributed by atoms with van der Waals surface area (Å²) in [4.78, 5) is 13.6. The normalized spacial score (nSPS) is 18.7. The third-order valence-electron chi connectivity index (χ3n) is 3.80. The molecule has 2 aromatic rings. The van der Waals surface area contributed by atoms with Gasteiger partial charge in [-0.05, 0) is 32.4 Å². The van der Waals surface area contributed by atoms with E-state index in [9.17, 15) is 0 Å². The Morgan fingerprint density at radius 3 is 2.95 bits per heavy atom. The Morgan fingerprint density at radius 1 is 1.43 bits per heavy atom. The number of hydrogen-bond donors (Lipinski definition) is 1. The van der Waals surface area contributed by atoms with E-state index in [1.54, 1.807) is 22.7 Å². The van der Waals surface area contributed by atoms with Gasteiger partial charge in [0.25, 0.3) is 0 Å². The molecule has 21 heavy (non-hydrogen) atoms. The van der Waals surface area contributed by atoms with Gasteiger partial charge < -0.3 is 5.32 Å². The molecule has 1 N–H and O–H groups in total. The van der Waals surface area contributed by atoms with E-state index in [0.29, 0.717) is 4.47 Å². The van der Waals surface area contributed by atoms with E-state index in [1.165, 1.54) is 16.2 Å². The molecule has 1 aliphatic heterocycles. The Bertz CT molecular complexity index is 577. The summed E-state index contributed by atoms with van der Waals surface area (Å²) in [7, 11) is 0. The molecule has 3 rings (SSSR count). The molecule has 0 radical (unpaired) electrons. The minimum Gasteiger partial charge on any atom is -0.316 e. The molecule has 1 atom stereocenters. The van der Waals surface area contributed by atoms with Crippen molar-refractivity contribution in [3.8, 4) is 0 Å². The van der Waals surface area contributed by atoms with E-state index in [0.717, 1.165) is 44.3 Å². The topological polar surface area (TPSA) is 41.1 Å². The van der Waals surface area contributed by atoms with E-state index in [2.05, 4.69) is 27.1 Å². The first kappa shape index (κ1) is 15.4. The average molecular weight is 343 g/mol. The fraction of sp³-hybridized carbons (Fsp3) is 0.571. The smallest absolute Gasteiger partial charge is 0.183 e. The van der Waals surface area contributed by atoms with Gasteiger partial charge in [-0.15, -0.1) is 22.7 Å². The van der Waals surface area contributed by atoms with Crippen molar-refractivity contribution in [2.45, 2.75) is 26.4 Å². The second-order valence-corrected chi connectivity index (χ2v) is 8.11. The van der Waals surface area contributed by atoms with Crippen molar-refractivity contribution in [2.75, 3.05) is 19.6 Å². The van der Waals surface area contributed by atoms with Crippen LogP contribution in [-0.4, -0.2) is 34.5 Å². The molecule has 0 amide bonds. The number of rotatable bonds is 6. The lowest BCUT2D eigenvalue weighted by Crippen LogP contribution is -2.29. The van der Waals surface area contributed by atoms with Crippen LogP contribution in [-0.2, 0) is 13.1 Å². The highest BCUT2D eigenvalue weighted by Crippen LogP contribution is 2.23. The first-order chi connectivity index (χ1) is 10.2. The molecule has 114 valence electrons. The summed E-state index contributed by atoms with van der Waals surface area (Å²) in [6.45, 7) is 7.34. The monoisotopic (exact) mass is 342 g/mol. The Hall–Kier alpha value is -0.530. The zero-order valence-electron chi connectivity index (χ0n) is 12.0. The number of aryl methyl sites for hydroxylation is 1. The van der Waals surface area contributed by atoms with Crippen molar-refractivity contribution in [1.82, 2.24) is 20.2 Å². The molecule has 0 saturated carbocycles. The largest absolute Gasteiger partial charge is 0.316 e. The molecule has 1 saturated heterocycles. The predicted molar refractivity (Wildman–Crippen MR) is 89.1 cm³/mol. The molecule has 1 fully saturated rings. The van der Waals surface area contributed by atoms with E-state index in [4.69, 9.17) is 11.6 Å². The lowest BCUT2D eigenvalue weighted by atomic mass is 10.1. The van der Waals surface area contributed by atoms with Crippen LogP contribution in [0.25, 0.3) is 0 Å². The van der Waals surface area contributed by atoms with Gasteiger partial charge in [-0.3, -0.25) is 4.90 Å². The maximum Gasteiger partial charge on any atom is 0.183 e. The Kier molecular flexibility index (Phi) is 5.24. The molecule has 0 unspecified atom stereocenters. The van der Waals surface area contributed by atoms with Crippen molar-refractivity contribution < 1.29 is 0 Å². The maximum absolute atomic E-state index is 5.95. The van der Waals surface area contributed by atoms with E-state index in [1.807, 2.05) is 11.7 Å². The third kappa shape index (κ3) is 4.23. The van der Waals surface area contributed by atoms with E-state index < -0.39 is 0 Å². The quantitative estimate of drug-likeness (QED) is 0.875. The maximum atomic E-state index is 5.95. The fourth-order valence-electron chi connectivity index (χ4n) is 2.68. The highest BCUT2D eigenvalue weighted by atomic mass is 35.5. The Labute approximate surface area is 138 Å². The standard InChI is InChI=1S/C14H19ClN4S2/c1-10-13(20-9-18-10)8-19(6-11-2-3-16-4-11)7-12-5-17-14(15)21-12/h5,9,11,16H,2-4,6-8H2,1H3/t11-/m0/s1. The van der Waals surface area contributed by atoms with Crippen LogP contribution in [0, 0.1) is 12.8 Å². The summed E-state index contributed by atoms with van der Waals surface area (Å²) in [6.07, 6.45) is 3.16. The molecule has 1 aliphatic rings. The van der Waals surface area contributed by atoms with Gasteiger partial charge >= 0.3 is 0 Å². The third-order valence-corrected chi connectivity index (χ3v) is 5.82. The number of nitrogens with one attached hydrogen (secondary N) is 1. The van der Waals surface area contributed by atoms with Crippen LogP contribution in [0.1, 0.15) is 21.9 Å². The number of hydrogen-bond acceptors (Lipinski definition) is 6. The van der Waals surface area contributed by atoms with Gasteiger partial charge in [0.2, 0.25) is 0 Å². The zero-order valence-corrected chi connectivity index (χ0v) is 14.4. The molecule has 0 spiro atoms. The van der Waals surface area contributed by atoms with Crippen LogP contribution < -0.4 is 5.32 Å². The second kappa shape index (κ2) is 7.15. The van der Waals surface area contributed by atoms with Crippen LogP contribution in [0.15, 0.2) is 11.7 Å². The number of aromatic nitrogens is 2. The van der Waals surface area contributed by atoms with E-state index in [-0.39, 0.29) is 0 Å². The number of halogens is 1. The van der Waals surface area contributed by atoms with Gasteiger partial charge in [0.15, 0.2) is 4.47 Å². The summed E-state index contributed by atoms with van der Waals surface area (Å²) >= 11 is 9.27. The molecule has 4 nitrogen and oxygen atoms in total. The van der Waals surface area contributed by atoms with Crippen LogP contribution in [0.4, 0.5) is 0 Å². The molecular formula is C14H19ClN4S2. The molecule has 0 aromatic carbocycles. The first-order valence-corrected chi connectivity index (χ1v) is 9.20. The molecular weight excluding hydrogens is 324 g/mol. The SMILES string of the molecule is Cc1ncsc1CN(Cc1cnc(Cl)s1)C[C@H]1CCNC1. The molecule has 3 heterocycles. The van der Waals surface area contributed by atoms with Gasteiger partial charge in [-0.2, -0.15) is 0 Å². The Balaban J connectivity index is 1.68. The van der Waals surface area contributed by atoms with Gasteiger partial charge in [-0.25, -0.2) is 9.97 Å². The average Bonchev–Trinajstić information content (AvgIpc) is 3.16. The van der Waals surface area contributed by atoms with Crippen LogP contribution >= 0.6 is 34.3 Å². The highest BCUT2D eigenvalue weighted by Gasteiger charge is 2.20. The Morgan fingerprint density at radius 2 is 2.33 bits per heavy atom. The van der Waals surface area contributed by atoms with Crippen LogP contribution in [0.5, 0.6) is 0 Å². The van der Waals surface area contributed by atoms with Crippen molar-refractivity contribution in [2.24, 2.45) is 5.92 Å². The molecule has 0 aliphatic carbocycles. The number of thiazole rings is 2. The van der Waals surface area contributed by atoms with Gasteiger partial charge in [-0.1, -0.05) is 11.6 Å². The summed E-state index contributed by atoms with van der Waals surface area (Å²) in [6, 6.07) is 0. The molecule has 2 aromatic heterocycles. The summed E-state index contributed by atoms with van der Waals surface area (Å²) < 4.78 is 0.626. The zero-order chi connectivity index (χ0) is 14.7. The van der Waals surface area contributed by atoms with Crippen LogP contribution in [0.3, 0.4) is 0 Å². The summed E-state index contributed by atoms with van der Waals surface area (Å²) in [5.41, 5.74) is 3.08. The van der Waals surface area contributed by atoms with Crippen molar-refractivity contribution in [1.29, 1.82) is 0 Å². The van der Waals surface area contributed by atoms with Crippen molar-refractivity contribution in [3.05, 3.63) is 31.6 Å². The van der Waals surface area contributed by atoms with Gasteiger partial charge in [0, 0.05) is 35.6 Å². The van der Waals surface area contributed by atoms with Crippen molar-refractivity contribution >= 4 is 34.3 Å². The fourth-order valence-corrected chi connectivity index (χ4v) is 4.52. The first-order valence-electron chi connectivity index (χ1n) is 7.13. The molecule has 0 bridgehead atoms. The minimum atomic E-state index is 0.626.